The van der Waals surface area contributed by atoms with Gasteiger partial charge in [-0.3, -0.25) is 0 Å². The van der Waals surface area contributed by atoms with E-state index in [1.54, 1.807) is 0 Å². The first-order valence-electron chi connectivity index (χ1n) is 20.9. The van der Waals surface area contributed by atoms with Gasteiger partial charge in [-0.1, -0.05) is 144 Å². The minimum Gasteiger partial charge on any atom is -0.490 e. The summed E-state index contributed by atoms with van der Waals surface area (Å²) in [5, 5.41) is 4.14. The van der Waals surface area contributed by atoms with Crippen molar-refractivity contribution in [3.05, 3.63) is 173 Å². The standard InChI is InChI=1S/C52H62N2OSi/c1-10-14-23-37(5)56-42(32-30-39(12-3)54-46(22-11-2)43(13-4)52(8,9)45-27-19-21-29-48(45)54)36-55-49-35-41(31-33-50(49)56)53-40-25-17-15-16-24-38(34-40)51(6,7)44-26-18-20-28-47(44)53/h10-14,18-23,26-33,35,38,40,56H,3-4,15-17,24-25,34,36H2,1-2,5-9H3/b14-10-,22-11-,37-23+,39-30+,42-32+. The first-order valence-corrected chi connectivity index (χ1v) is 22.7. The van der Waals surface area contributed by atoms with Crippen LogP contribution in [0.4, 0.5) is 17.1 Å². The fourth-order valence-electron chi connectivity index (χ4n) is 10.2. The number of anilines is 3. The Morgan fingerprint density at radius 2 is 1.59 bits per heavy atom. The quantitative estimate of drug-likeness (QED) is 0.168. The van der Waals surface area contributed by atoms with E-state index in [9.17, 15) is 0 Å². The van der Waals surface area contributed by atoms with E-state index in [-0.39, 0.29) is 10.8 Å². The van der Waals surface area contributed by atoms with Crippen LogP contribution in [-0.2, 0) is 10.8 Å². The molecule has 4 aliphatic rings. The van der Waals surface area contributed by atoms with E-state index in [1.807, 2.05) is 12.2 Å². The Morgan fingerprint density at radius 3 is 2.32 bits per heavy atom. The van der Waals surface area contributed by atoms with Gasteiger partial charge in [-0.15, -0.1) is 0 Å². The number of benzene rings is 3. The normalized spacial score (nSPS) is 24.2. The highest BCUT2D eigenvalue weighted by atomic mass is 28.3. The van der Waals surface area contributed by atoms with Crippen molar-refractivity contribution in [3.8, 4) is 5.75 Å². The van der Waals surface area contributed by atoms with Crippen molar-refractivity contribution < 1.29 is 4.74 Å². The molecule has 0 aromatic heterocycles. The van der Waals surface area contributed by atoms with E-state index in [2.05, 4.69) is 181 Å². The fourth-order valence-corrected chi connectivity index (χ4v) is 13.3. The third kappa shape index (κ3) is 7.06. The molecule has 3 unspecified atom stereocenters. The molecule has 3 nitrogen and oxygen atoms in total. The van der Waals surface area contributed by atoms with E-state index >= 15 is 0 Å². The van der Waals surface area contributed by atoms with Crippen molar-refractivity contribution in [2.45, 2.75) is 104 Å². The molecule has 3 atom stereocenters. The molecule has 290 valence electrons. The number of nitrogens with zero attached hydrogens (tertiary/aromatic N) is 2. The molecule has 1 aliphatic carbocycles. The monoisotopic (exact) mass is 758 g/mol. The summed E-state index contributed by atoms with van der Waals surface area (Å²) in [7, 11) is -1.82. The summed E-state index contributed by atoms with van der Waals surface area (Å²) in [6.45, 7) is 25.3. The third-order valence-corrected chi connectivity index (χ3v) is 16.5. The summed E-state index contributed by atoms with van der Waals surface area (Å²) < 4.78 is 6.84. The molecule has 0 N–H and O–H groups in total. The molecule has 0 amide bonds. The van der Waals surface area contributed by atoms with E-state index < -0.39 is 8.80 Å². The predicted octanol–water partition coefficient (Wildman–Crippen LogP) is 12.7. The highest BCUT2D eigenvalue weighted by Crippen LogP contribution is 2.51. The van der Waals surface area contributed by atoms with Crippen LogP contribution in [0.3, 0.4) is 0 Å². The summed E-state index contributed by atoms with van der Waals surface area (Å²) in [5.41, 5.74) is 9.84. The van der Waals surface area contributed by atoms with Gasteiger partial charge in [0.15, 0.2) is 0 Å². The van der Waals surface area contributed by atoms with Gasteiger partial charge in [-0.05, 0) is 115 Å². The molecule has 3 aromatic rings. The summed E-state index contributed by atoms with van der Waals surface area (Å²) in [6.07, 6.45) is 27.3. The summed E-state index contributed by atoms with van der Waals surface area (Å²) >= 11 is 0. The molecule has 3 aromatic carbocycles. The van der Waals surface area contributed by atoms with Crippen molar-refractivity contribution in [2.75, 3.05) is 16.4 Å². The molecule has 7 rings (SSSR count). The molecule has 1 fully saturated rings. The SMILES string of the molecule is C=CC1=C(/C=C\C)N(/C(C=C)=C/C=C2\COc3cc(N4c5ccccc5C(C)(C)C5CCCCCC4C5)ccc3[SiH]2/C(C)=C/C=C\C)c2ccccc2C1(C)C. The number of fused-ring (bicyclic) bond motifs is 5. The van der Waals surface area contributed by atoms with Gasteiger partial charge >= 0.3 is 0 Å². The van der Waals surface area contributed by atoms with Crippen LogP contribution in [0.15, 0.2) is 162 Å². The molecule has 0 saturated heterocycles. The number of hydrogen-bond acceptors (Lipinski definition) is 3. The second-order valence-corrected chi connectivity index (χ2v) is 20.4. The van der Waals surface area contributed by atoms with Gasteiger partial charge in [0.05, 0.1) is 5.69 Å². The van der Waals surface area contributed by atoms with E-state index in [1.165, 1.54) is 87.9 Å². The van der Waals surface area contributed by atoms with Crippen molar-refractivity contribution in [2.24, 2.45) is 5.92 Å². The maximum absolute atomic E-state index is 6.84. The lowest BCUT2D eigenvalue weighted by atomic mass is 9.68. The highest BCUT2D eigenvalue weighted by Gasteiger charge is 2.42. The zero-order valence-electron chi connectivity index (χ0n) is 34.9. The second kappa shape index (κ2) is 16.4. The lowest BCUT2D eigenvalue weighted by molar-refractivity contribution is 0.247. The molecule has 56 heavy (non-hydrogen) atoms. The molecule has 0 spiro atoms. The number of allylic oxidation sites excluding steroid dienone is 11. The predicted molar refractivity (Wildman–Crippen MR) is 244 cm³/mol. The van der Waals surface area contributed by atoms with Crippen molar-refractivity contribution in [3.63, 3.8) is 0 Å². The summed E-state index contributed by atoms with van der Waals surface area (Å²) in [6, 6.07) is 25.6. The Kier molecular flexibility index (Phi) is 11.5. The van der Waals surface area contributed by atoms with Crippen molar-refractivity contribution in [1.29, 1.82) is 0 Å². The zero-order valence-corrected chi connectivity index (χ0v) is 36.1. The van der Waals surface area contributed by atoms with Crippen LogP contribution in [-0.4, -0.2) is 21.4 Å². The van der Waals surface area contributed by atoms with Crippen LogP contribution in [0.2, 0.25) is 0 Å². The average Bonchev–Trinajstić information content (AvgIpc) is 3.28. The van der Waals surface area contributed by atoms with Gasteiger partial charge in [0.25, 0.3) is 0 Å². The van der Waals surface area contributed by atoms with Crippen LogP contribution in [0, 0.1) is 5.92 Å². The second-order valence-electron chi connectivity index (χ2n) is 17.2. The maximum atomic E-state index is 6.84. The molecule has 2 bridgehead atoms. The number of para-hydroxylation sites is 2. The molecular formula is C52H62N2OSi. The van der Waals surface area contributed by atoms with Crippen LogP contribution < -0.4 is 19.7 Å². The Bertz CT molecular complexity index is 2170. The lowest BCUT2D eigenvalue weighted by Crippen LogP contribution is -2.42. The maximum Gasteiger partial charge on any atom is 0.132 e. The van der Waals surface area contributed by atoms with Gasteiger partial charge in [-0.2, -0.15) is 0 Å². The van der Waals surface area contributed by atoms with Gasteiger partial charge < -0.3 is 14.5 Å². The van der Waals surface area contributed by atoms with Gasteiger partial charge in [0.2, 0.25) is 0 Å². The van der Waals surface area contributed by atoms with Gasteiger partial charge in [-0.25, -0.2) is 0 Å². The zero-order chi connectivity index (χ0) is 39.6. The number of ether oxygens (including phenoxy) is 1. The Hall–Kier alpha value is -4.80. The van der Waals surface area contributed by atoms with Crippen LogP contribution in [0.5, 0.6) is 5.75 Å². The molecular weight excluding hydrogens is 697 g/mol. The Morgan fingerprint density at radius 1 is 0.857 bits per heavy atom. The Balaban J connectivity index is 1.32. The topological polar surface area (TPSA) is 15.7 Å². The lowest BCUT2D eigenvalue weighted by Gasteiger charge is -2.42. The number of rotatable bonds is 8. The van der Waals surface area contributed by atoms with Gasteiger partial charge in [0, 0.05) is 40.3 Å². The smallest absolute Gasteiger partial charge is 0.132 e. The first kappa shape index (κ1) is 39.4. The minimum atomic E-state index is -1.82. The molecule has 4 heteroatoms. The minimum absolute atomic E-state index is 0.124. The van der Waals surface area contributed by atoms with E-state index in [0.29, 0.717) is 18.6 Å². The largest absolute Gasteiger partial charge is 0.490 e. The average molecular weight is 759 g/mol. The van der Waals surface area contributed by atoms with Gasteiger partial charge in [0.1, 0.15) is 21.2 Å². The van der Waals surface area contributed by atoms with Crippen molar-refractivity contribution in [1.82, 2.24) is 0 Å². The fraction of sp³-hybridized carbons (Fsp3) is 0.346. The summed E-state index contributed by atoms with van der Waals surface area (Å²) in [4.78, 5) is 5.05. The van der Waals surface area contributed by atoms with E-state index in [0.717, 1.165) is 17.1 Å². The highest BCUT2D eigenvalue weighted by molar-refractivity contribution is 6.86. The van der Waals surface area contributed by atoms with Crippen LogP contribution in [0.25, 0.3) is 0 Å². The van der Waals surface area contributed by atoms with Crippen LogP contribution in [0.1, 0.15) is 98.1 Å². The first-order chi connectivity index (χ1) is 27.1. The van der Waals surface area contributed by atoms with Crippen LogP contribution >= 0.6 is 0 Å². The molecule has 3 aliphatic heterocycles. The number of hydrogen-bond donors (Lipinski definition) is 0. The Labute approximate surface area is 339 Å². The summed E-state index contributed by atoms with van der Waals surface area (Å²) in [5.74, 6) is 1.71. The molecule has 1 saturated carbocycles. The molecule has 0 radical (unpaired) electrons. The molecule has 3 heterocycles. The third-order valence-electron chi connectivity index (χ3n) is 13.2. The van der Waals surface area contributed by atoms with Crippen molar-refractivity contribution >= 4 is 31.0 Å². The van der Waals surface area contributed by atoms with E-state index in [4.69, 9.17) is 4.74 Å².